The van der Waals surface area contributed by atoms with Crippen LogP contribution in [0, 0.1) is 5.41 Å². The Morgan fingerprint density at radius 3 is 2.00 bits per heavy atom. The second-order valence-corrected chi connectivity index (χ2v) is 8.88. The largest absolute Gasteiger partial charge is 0.506 e. The highest BCUT2D eigenvalue weighted by Crippen LogP contribution is 2.37. The van der Waals surface area contributed by atoms with Crippen LogP contribution in [-0.4, -0.2) is 27.4 Å². The highest BCUT2D eigenvalue weighted by molar-refractivity contribution is 6.08. The molecule has 0 atom stereocenters. The van der Waals surface area contributed by atoms with Gasteiger partial charge >= 0.3 is 0 Å². The molecule has 0 bridgehead atoms. The van der Waals surface area contributed by atoms with Crippen molar-refractivity contribution in [2.24, 2.45) is 5.41 Å². The second-order valence-electron chi connectivity index (χ2n) is 8.88. The van der Waals surface area contributed by atoms with E-state index in [4.69, 9.17) is 0 Å². The van der Waals surface area contributed by atoms with Gasteiger partial charge in [0, 0.05) is 28.1 Å². The molecule has 6 nitrogen and oxygen atoms in total. The molecule has 31 heavy (non-hydrogen) atoms. The third kappa shape index (κ3) is 5.57. The van der Waals surface area contributed by atoms with Crippen LogP contribution in [0.1, 0.15) is 81.5 Å². The Bertz CT molecular complexity index is 962. The minimum Gasteiger partial charge on any atom is -0.506 e. The lowest BCUT2D eigenvalue weighted by Crippen LogP contribution is -2.33. The van der Waals surface area contributed by atoms with Crippen LogP contribution in [0.15, 0.2) is 36.4 Å². The van der Waals surface area contributed by atoms with Crippen molar-refractivity contribution in [2.45, 2.75) is 66.3 Å². The summed E-state index contributed by atoms with van der Waals surface area (Å²) in [7, 11) is 0. The number of aromatic hydroxyl groups is 2. The number of nitrogens with one attached hydrogen (secondary N) is 2. The maximum absolute atomic E-state index is 12.8. The highest BCUT2D eigenvalue weighted by atomic mass is 16.3. The van der Waals surface area contributed by atoms with E-state index in [0.29, 0.717) is 23.2 Å². The summed E-state index contributed by atoms with van der Waals surface area (Å²) in [6, 6.07) is 9.27. The van der Waals surface area contributed by atoms with Gasteiger partial charge in [-0.1, -0.05) is 46.8 Å². The highest BCUT2D eigenvalue weighted by Gasteiger charge is 2.27. The zero-order valence-corrected chi connectivity index (χ0v) is 19.3. The van der Waals surface area contributed by atoms with Gasteiger partial charge in [-0.3, -0.25) is 9.59 Å². The molecule has 0 aliphatic heterocycles. The fraction of sp³-hybridized carbons (Fsp3) is 0.440. The Labute approximate surface area is 184 Å². The number of Topliss-reactive ketones (excluding diaryl/α,β-unsaturated/α-hetero) is 1. The van der Waals surface area contributed by atoms with Crippen molar-refractivity contribution in [3.8, 4) is 11.5 Å². The molecule has 6 heteroatoms. The summed E-state index contributed by atoms with van der Waals surface area (Å²) in [5.41, 5.74) is 0.621. The third-order valence-corrected chi connectivity index (χ3v) is 6.24. The molecular weight excluding hydrogens is 392 g/mol. The molecule has 1 amide bonds. The van der Waals surface area contributed by atoms with Crippen molar-refractivity contribution in [3.63, 3.8) is 0 Å². The Morgan fingerprint density at radius 2 is 1.42 bits per heavy atom. The van der Waals surface area contributed by atoms with E-state index < -0.39 is 11.3 Å². The van der Waals surface area contributed by atoms with Crippen LogP contribution in [0.3, 0.4) is 0 Å². The van der Waals surface area contributed by atoms with Gasteiger partial charge in [-0.05, 0) is 44.4 Å². The molecule has 0 unspecified atom stereocenters. The maximum Gasteiger partial charge on any atom is 0.255 e. The van der Waals surface area contributed by atoms with Crippen LogP contribution in [-0.2, 0) is 0 Å². The zero-order valence-electron chi connectivity index (χ0n) is 19.3. The van der Waals surface area contributed by atoms with Crippen LogP contribution < -0.4 is 10.6 Å². The first-order chi connectivity index (χ1) is 14.5. The quantitative estimate of drug-likeness (QED) is 0.225. The van der Waals surface area contributed by atoms with Gasteiger partial charge in [-0.2, -0.15) is 0 Å². The van der Waals surface area contributed by atoms with Crippen molar-refractivity contribution < 1.29 is 19.8 Å². The number of hydrogen-bond acceptors (Lipinski definition) is 5. The molecular formula is C25H34N2O4. The Kier molecular flexibility index (Phi) is 7.37. The maximum atomic E-state index is 12.8. The first kappa shape index (κ1) is 24.3. The van der Waals surface area contributed by atoms with Crippen LogP contribution in [0.5, 0.6) is 11.5 Å². The van der Waals surface area contributed by atoms with Gasteiger partial charge < -0.3 is 20.8 Å². The van der Waals surface area contributed by atoms with E-state index in [2.05, 4.69) is 10.6 Å². The average molecular weight is 427 g/mol. The predicted molar refractivity (Wildman–Crippen MR) is 125 cm³/mol. The van der Waals surface area contributed by atoms with E-state index in [0.717, 1.165) is 12.8 Å². The van der Waals surface area contributed by atoms with Gasteiger partial charge in [-0.25, -0.2) is 0 Å². The number of benzene rings is 2. The summed E-state index contributed by atoms with van der Waals surface area (Å²) >= 11 is 0. The number of ketones is 1. The number of carbonyl (C=O) groups excluding carboxylic acids is 2. The molecule has 0 aliphatic carbocycles. The van der Waals surface area contributed by atoms with E-state index in [1.54, 1.807) is 24.3 Å². The lowest BCUT2D eigenvalue weighted by molar-refractivity contribution is 0.0833. The fourth-order valence-corrected chi connectivity index (χ4v) is 3.08. The number of carbonyl (C=O) groups is 2. The minimum absolute atomic E-state index is 0.0259. The lowest BCUT2D eigenvalue weighted by atomic mass is 9.82. The first-order valence-electron chi connectivity index (χ1n) is 10.8. The number of anilines is 2. The summed E-state index contributed by atoms with van der Waals surface area (Å²) in [5, 5.41) is 26.5. The molecule has 0 radical (unpaired) electrons. The van der Waals surface area contributed by atoms with Gasteiger partial charge in [0.15, 0.2) is 5.78 Å². The van der Waals surface area contributed by atoms with Gasteiger partial charge in [0.25, 0.3) is 5.91 Å². The first-order valence-corrected chi connectivity index (χ1v) is 10.8. The summed E-state index contributed by atoms with van der Waals surface area (Å²) in [4.78, 5) is 25.6. The Balaban J connectivity index is 2.31. The van der Waals surface area contributed by atoms with Gasteiger partial charge in [-0.15, -0.1) is 0 Å². The minimum atomic E-state index is -0.518. The van der Waals surface area contributed by atoms with E-state index in [1.165, 1.54) is 12.1 Å². The zero-order chi connectivity index (χ0) is 23.4. The molecule has 0 saturated carbocycles. The molecule has 168 valence electrons. The van der Waals surface area contributed by atoms with Gasteiger partial charge in [0.05, 0.1) is 11.4 Å². The van der Waals surface area contributed by atoms with Crippen LogP contribution >= 0.6 is 0 Å². The molecule has 0 aliphatic rings. The number of rotatable bonds is 9. The Morgan fingerprint density at radius 1 is 0.839 bits per heavy atom. The van der Waals surface area contributed by atoms with E-state index in [-0.39, 0.29) is 28.5 Å². The molecule has 0 heterocycles. The average Bonchev–Trinajstić information content (AvgIpc) is 2.76. The van der Waals surface area contributed by atoms with E-state index in [1.807, 2.05) is 41.5 Å². The van der Waals surface area contributed by atoms with E-state index >= 15 is 0 Å². The topological polar surface area (TPSA) is 98.7 Å². The predicted octanol–water partition coefficient (Wildman–Crippen LogP) is 5.96. The van der Waals surface area contributed by atoms with Crippen LogP contribution in [0.4, 0.5) is 11.4 Å². The number of amides is 1. The van der Waals surface area contributed by atoms with Crippen molar-refractivity contribution in [2.75, 3.05) is 10.6 Å². The lowest BCUT2D eigenvalue weighted by Gasteiger charge is -2.30. The summed E-state index contributed by atoms with van der Waals surface area (Å²) in [5.74, 6) is -0.824. The molecule has 2 aromatic rings. The monoisotopic (exact) mass is 426 g/mol. The van der Waals surface area contributed by atoms with Gasteiger partial charge in [0.1, 0.15) is 11.5 Å². The third-order valence-electron chi connectivity index (χ3n) is 6.24. The van der Waals surface area contributed by atoms with E-state index in [9.17, 15) is 19.8 Å². The molecule has 0 saturated heterocycles. The van der Waals surface area contributed by atoms with Crippen molar-refractivity contribution >= 4 is 23.1 Å². The SMILES string of the molecule is CCC(C)(CC)Nc1cc(NC(=O)c2cccc(C(=O)C(C)(C)CC)c2)c(O)cc1O. The fourth-order valence-electron chi connectivity index (χ4n) is 3.08. The van der Waals surface area contributed by atoms with Gasteiger partial charge in [0.2, 0.25) is 0 Å². The standard InChI is InChI=1S/C25H34N2O4/c1-7-24(4,5)22(30)16-11-10-12-17(13-16)23(31)26-18-14-19(21(29)15-20(18)28)27-25(6,8-2)9-3/h10-15,27-29H,7-9H2,1-6H3,(H,26,31). The summed E-state index contributed by atoms with van der Waals surface area (Å²) in [6.07, 6.45) is 2.36. The molecule has 2 aromatic carbocycles. The summed E-state index contributed by atoms with van der Waals surface area (Å²) < 4.78 is 0. The molecule has 4 N–H and O–H groups in total. The molecule has 0 fully saturated rings. The molecule has 2 rings (SSSR count). The van der Waals surface area contributed by atoms with Crippen molar-refractivity contribution in [1.29, 1.82) is 0 Å². The molecule has 0 spiro atoms. The van der Waals surface area contributed by atoms with Crippen LogP contribution in [0.25, 0.3) is 0 Å². The normalized spacial score (nSPS) is 11.8. The smallest absolute Gasteiger partial charge is 0.255 e. The Hall–Kier alpha value is -3.02. The number of phenolic OH excluding ortho intramolecular Hbond substituents is 2. The summed E-state index contributed by atoms with van der Waals surface area (Å²) in [6.45, 7) is 11.8. The number of hydrogen-bond donors (Lipinski definition) is 4. The number of phenols is 2. The van der Waals surface area contributed by atoms with Crippen molar-refractivity contribution in [3.05, 3.63) is 47.5 Å². The molecule has 0 aromatic heterocycles. The second kappa shape index (κ2) is 9.41. The van der Waals surface area contributed by atoms with Crippen LogP contribution in [0.2, 0.25) is 0 Å². The van der Waals surface area contributed by atoms with Crippen molar-refractivity contribution in [1.82, 2.24) is 0 Å².